The molecule has 34 heavy (non-hydrogen) atoms. The van der Waals surface area contributed by atoms with Gasteiger partial charge in [0.2, 0.25) is 0 Å². The van der Waals surface area contributed by atoms with Crippen molar-refractivity contribution in [2.45, 2.75) is 37.5 Å². The van der Waals surface area contributed by atoms with Crippen LogP contribution in [-0.2, 0) is 30.2 Å². The lowest BCUT2D eigenvalue weighted by molar-refractivity contribution is 0.123. The number of nitrogens with zero attached hydrogens (tertiary/aromatic N) is 4. The number of hydrogen-bond donors (Lipinski definition) is 0. The van der Waals surface area contributed by atoms with E-state index >= 15 is 0 Å². The van der Waals surface area contributed by atoms with Crippen LogP contribution >= 0.6 is 0 Å². The van der Waals surface area contributed by atoms with Crippen LogP contribution in [0.25, 0.3) is 0 Å². The van der Waals surface area contributed by atoms with Crippen LogP contribution in [0.5, 0.6) is 11.5 Å². The summed E-state index contributed by atoms with van der Waals surface area (Å²) < 4.78 is 41.3. The molecule has 0 amide bonds. The minimum Gasteiger partial charge on any atom is -0.497 e. The summed E-state index contributed by atoms with van der Waals surface area (Å²) in [4.78, 5) is 2.32. The van der Waals surface area contributed by atoms with E-state index in [4.69, 9.17) is 9.47 Å². The molecular weight excluding hydrogens is 452 g/mol. The van der Waals surface area contributed by atoms with E-state index in [1.54, 1.807) is 25.0 Å². The Morgan fingerprint density at radius 1 is 0.941 bits per heavy atom. The lowest BCUT2D eigenvalue weighted by atomic mass is 10.1. The molecule has 1 aromatic heterocycles. The third kappa shape index (κ3) is 5.11. The zero-order chi connectivity index (χ0) is 24.3. The number of hydrogen-bond acceptors (Lipinski definition) is 6. The lowest BCUT2D eigenvalue weighted by Crippen LogP contribution is -2.39. The molecular formula is C25H32N4O4S. The molecule has 0 spiro atoms. The molecule has 2 heterocycles. The standard InChI is InChI=1S/C25H32N4O4S/c1-19(28-14-5-15-28)24-16-25(26-27(24)2)34(30,31)29(17-20-6-10-22(32-3)11-7-20)18-21-8-12-23(33-4)13-9-21/h6-13,16,19H,5,14-15,17-18H2,1-4H3. The number of aryl methyl sites for hydroxylation is 1. The van der Waals surface area contributed by atoms with Gasteiger partial charge in [-0.05, 0) is 48.7 Å². The van der Waals surface area contributed by atoms with Crippen molar-refractivity contribution in [1.82, 2.24) is 19.0 Å². The van der Waals surface area contributed by atoms with Crippen LogP contribution < -0.4 is 9.47 Å². The molecule has 8 nitrogen and oxygen atoms in total. The minimum absolute atomic E-state index is 0.0689. The van der Waals surface area contributed by atoms with E-state index in [-0.39, 0.29) is 24.2 Å². The molecule has 1 aliphatic heterocycles. The first-order valence-electron chi connectivity index (χ1n) is 11.4. The number of methoxy groups -OCH3 is 2. The molecule has 4 rings (SSSR count). The molecule has 1 fully saturated rings. The van der Waals surface area contributed by atoms with E-state index in [1.807, 2.05) is 55.6 Å². The fourth-order valence-corrected chi connectivity index (χ4v) is 5.51. The first-order valence-corrected chi connectivity index (χ1v) is 12.8. The van der Waals surface area contributed by atoms with Gasteiger partial charge in [-0.15, -0.1) is 0 Å². The molecule has 0 saturated carbocycles. The molecule has 0 N–H and O–H groups in total. The van der Waals surface area contributed by atoms with E-state index in [0.29, 0.717) is 0 Å². The quantitative estimate of drug-likeness (QED) is 0.438. The molecule has 1 atom stereocenters. The van der Waals surface area contributed by atoms with Gasteiger partial charge in [-0.25, -0.2) is 8.42 Å². The van der Waals surface area contributed by atoms with Crippen LogP contribution in [-0.4, -0.2) is 54.7 Å². The minimum atomic E-state index is -3.86. The van der Waals surface area contributed by atoms with Crippen molar-refractivity contribution in [2.75, 3.05) is 27.3 Å². The maximum atomic E-state index is 13.8. The average molecular weight is 485 g/mol. The molecule has 1 saturated heterocycles. The SMILES string of the molecule is COc1ccc(CN(Cc2ccc(OC)cc2)S(=O)(=O)c2cc(C(C)N3CCC3)n(C)n2)cc1. The van der Waals surface area contributed by atoms with Crippen molar-refractivity contribution in [3.8, 4) is 11.5 Å². The number of aromatic nitrogens is 2. The first kappa shape index (κ1) is 24.3. The smallest absolute Gasteiger partial charge is 0.263 e. The summed E-state index contributed by atoms with van der Waals surface area (Å²) in [5.74, 6) is 1.45. The molecule has 9 heteroatoms. The van der Waals surface area contributed by atoms with Gasteiger partial charge in [-0.3, -0.25) is 9.58 Å². The Kier molecular flexibility index (Phi) is 7.25. The predicted octanol–water partition coefficient (Wildman–Crippen LogP) is 3.60. The Labute approximate surface area is 201 Å². The Balaban J connectivity index is 1.65. The Morgan fingerprint density at radius 3 is 1.85 bits per heavy atom. The molecule has 0 radical (unpaired) electrons. The highest BCUT2D eigenvalue weighted by Gasteiger charge is 2.31. The second-order valence-electron chi connectivity index (χ2n) is 8.57. The van der Waals surface area contributed by atoms with Crippen molar-refractivity contribution >= 4 is 10.0 Å². The van der Waals surface area contributed by atoms with Gasteiger partial charge >= 0.3 is 0 Å². The molecule has 0 bridgehead atoms. The van der Waals surface area contributed by atoms with E-state index in [9.17, 15) is 8.42 Å². The summed E-state index contributed by atoms with van der Waals surface area (Å²) >= 11 is 0. The van der Waals surface area contributed by atoms with Crippen molar-refractivity contribution in [3.05, 3.63) is 71.4 Å². The zero-order valence-electron chi connectivity index (χ0n) is 20.1. The van der Waals surface area contributed by atoms with Gasteiger partial charge in [-0.2, -0.15) is 9.40 Å². The predicted molar refractivity (Wildman–Crippen MR) is 130 cm³/mol. The van der Waals surface area contributed by atoms with Crippen LogP contribution in [0.1, 0.15) is 36.2 Å². The second-order valence-corrected chi connectivity index (χ2v) is 10.5. The molecule has 182 valence electrons. The molecule has 3 aromatic rings. The normalized spacial score (nSPS) is 15.2. The van der Waals surface area contributed by atoms with Gasteiger partial charge in [0.05, 0.1) is 19.9 Å². The van der Waals surface area contributed by atoms with Crippen LogP contribution in [0, 0.1) is 0 Å². The Bertz CT molecular complexity index is 1150. The largest absolute Gasteiger partial charge is 0.497 e. The van der Waals surface area contributed by atoms with Gasteiger partial charge < -0.3 is 9.47 Å². The summed E-state index contributed by atoms with van der Waals surface area (Å²) in [6, 6.07) is 16.7. The maximum absolute atomic E-state index is 13.8. The number of ether oxygens (including phenoxy) is 2. The summed E-state index contributed by atoms with van der Waals surface area (Å²) in [7, 11) is 1.16. The van der Waals surface area contributed by atoms with Gasteiger partial charge in [0.1, 0.15) is 11.5 Å². The van der Waals surface area contributed by atoms with Crippen molar-refractivity contribution in [2.24, 2.45) is 7.05 Å². The lowest BCUT2D eigenvalue weighted by Gasteiger charge is -2.36. The number of likely N-dealkylation sites (tertiary alicyclic amines) is 1. The number of sulfonamides is 1. The van der Waals surface area contributed by atoms with Crippen LogP contribution in [0.2, 0.25) is 0 Å². The molecule has 1 unspecified atom stereocenters. The summed E-state index contributed by atoms with van der Waals surface area (Å²) in [5, 5.41) is 4.49. The van der Waals surface area contributed by atoms with E-state index in [1.165, 1.54) is 10.7 Å². The second kappa shape index (κ2) is 10.2. The highest BCUT2D eigenvalue weighted by molar-refractivity contribution is 7.89. The number of benzene rings is 2. The van der Waals surface area contributed by atoms with E-state index in [2.05, 4.69) is 16.9 Å². The summed E-state index contributed by atoms with van der Waals surface area (Å²) in [6.07, 6.45) is 1.17. The zero-order valence-corrected chi connectivity index (χ0v) is 21.0. The van der Waals surface area contributed by atoms with Crippen LogP contribution in [0.3, 0.4) is 0 Å². The van der Waals surface area contributed by atoms with Crippen molar-refractivity contribution in [1.29, 1.82) is 0 Å². The molecule has 0 aliphatic carbocycles. The van der Waals surface area contributed by atoms with Crippen LogP contribution in [0.4, 0.5) is 0 Å². The van der Waals surface area contributed by atoms with Crippen LogP contribution in [0.15, 0.2) is 59.6 Å². The summed E-state index contributed by atoms with van der Waals surface area (Å²) in [5.41, 5.74) is 2.62. The van der Waals surface area contributed by atoms with Gasteiger partial charge in [0, 0.05) is 45.3 Å². The van der Waals surface area contributed by atoms with E-state index in [0.717, 1.165) is 41.4 Å². The monoisotopic (exact) mass is 484 g/mol. The average Bonchev–Trinajstić information content (AvgIpc) is 3.21. The summed E-state index contributed by atoms with van der Waals surface area (Å²) in [6.45, 7) is 4.57. The van der Waals surface area contributed by atoms with Crippen molar-refractivity contribution < 1.29 is 17.9 Å². The van der Waals surface area contributed by atoms with E-state index < -0.39 is 10.0 Å². The van der Waals surface area contributed by atoms with Gasteiger partial charge in [0.25, 0.3) is 10.0 Å². The highest BCUT2D eigenvalue weighted by Crippen LogP contribution is 2.28. The fourth-order valence-electron chi connectivity index (χ4n) is 4.11. The highest BCUT2D eigenvalue weighted by atomic mass is 32.2. The third-order valence-corrected chi connectivity index (χ3v) is 8.07. The molecule has 1 aliphatic rings. The Hall–Kier alpha value is -2.88. The fraction of sp³-hybridized carbons (Fsp3) is 0.400. The molecule has 2 aromatic carbocycles. The van der Waals surface area contributed by atoms with Gasteiger partial charge in [0.15, 0.2) is 5.03 Å². The van der Waals surface area contributed by atoms with Crippen molar-refractivity contribution in [3.63, 3.8) is 0 Å². The third-order valence-electron chi connectivity index (χ3n) is 6.40. The Morgan fingerprint density at radius 2 is 1.44 bits per heavy atom. The maximum Gasteiger partial charge on any atom is 0.263 e. The number of rotatable bonds is 10. The van der Waals surface area contributed by atoms with Gasteiger partial charge in [-0.1, -0.05) is 24.3 Å². The first-order chi connectivity index (χ1) is 16.3. The topological polar surface area (TPSA) is 76.9 Å².